The number of imidazole rings is 1. The van der Waals surface area contributed by atoms with Crippen LogP contribution in [0, 0.1) is 17.7 Å². The lowest BCUT2D eigenvalue weighted by Gasteiger charge is -2.22. The van der Waals surface area contributed by atoms with Crippen LogP contribution < -0.4 is 0 Å². The molecule has 2 nitrogen and oxygen atoms in total. The molecule has 0 spiro atoms. The average Bonchev–Trinajstić information content (AvgIpc) is 2.92. The Balaban J connectivity index is 2.20. The Hall–Kier alpha value is -0.610. The van der Waals surface area contributed by atoms with Gasteiger partial charge in [0.2, 0.25) is 0 Å². The van der Waals surface area contributed by atoms with Crippen molar-refractivity contribution >= 4 is 38.6 Å². The van der Waals surface area contributed by atoms with Gasteiger partial charge in [0.1, 0.15) is 11.6 Å². The lowest BCUT2D eigenvalue weighted by molar-refractivity contribution is 0.354. The summed E-state index contributed by atoms with van der Waals surface area (Å²) >= 11 is 9.32. The Morgan fingerprint density at radius 1 is 1.40 bits per heavy atom. The zero-order chi connectivity index (χ0) is 14.4. The second-order valence-electron chi connectivity index (χ2n) is 5.77. The Kier molecular flexibility index (Phi) is 3.80. The zero-order valence-electron chi connectivity index (χ0n) is 11.5. The summed E-state index contributed by atoms with van der Waals surface area (Å²) in [4.78, 5) is 4.51. The summed E-state index contributed by atoms with van der Waals surface area (Å²) in [5.74, 6) is 2.19. The highest BCUT2D eigenvalue weighted by Crippen LogP contribution is 2.42. The maximum absolute atomic E-state index is 13.7. The Bertz CT molecular complexity index is 655. The number of benzene rings is 1. The normalized spacial score (nSPS) is 26.6. The molecule has 1 aromatic carbocycles. The molecule has 0 bridgehead atoms. The lowest BCUT2D eigenvalue weighted by atomic mass is 9.97. The van der Waals surface area contributed by atoms with Gasteiger partial charge in [-0.05, 0) is 46.7 Å². The van der Waals surface area contributed by atoms with Gasteiger partial charge >= 0.3 is 0 Å². The summed E-state index contributed by atoms with van der Waals surface area (Å²) in [6.45, 7) is 4.57. The second kappa shape index (κ2) is 5.30. The average molecular weight is 360 g/mol. The van der Waals surface area contributed by atoms with Crippen LogP contribution in [-0.4, -0.2) is 9.55 Å². The largest absolute Gasteiger partial charge is 0.324 e. The topological polar surface area (TPSA) is 17.8 Å². The summed E-state index contributed by atoms with van der Waals surface area (Å²) < 4.78 is 16.4. The van der Waals surface area contributed by atoms with Crippen molar-refractivity contribution in [3.63, 3.8) is 0 Å². The molecule has 5 heteroatoms. The zero-order valence-corrected chi connectivity index (χ0v) is 13.9. The van der Waals surface area contributed by atoms with Crippen LogP contribution in [0.2, 0.25) is 0 Å². The molecule has 0 radical (unpaired) electrons. The molecule has 3 rings (SSSR count). The maximum Gasteiger partial charge on any atom is 0.139 e. The van der Waals surface area contributed by atoms with E-state index >= 15 is 0 Å². The first kappa shape index (κ1) is 14.3. The van der Waals surface area contributed by atoms with Crippen molar-refractivity contribution in [1.29, 1.82) is 0 Å². The highest BCUT2D eigenvalue weighted by atomic mass is 79.9. The third-order valence-corrected chi connectivity index (χ3v) is 5.52. The number of hydrogen-bond donors (Lipinski definition) is 0. The number of hydrogen-bond acceptors (Lipinski definition) is 1. The minimum absolute atomic E-state index is 0.281. The van der Waals surface area contributed by atoms with Gasteiger partial charge in [0.15, 0.2) is 0 Å². The van der Waals surface area contributed by atoms with Crippen LogP contribution in [0.15, 0.2) is 16.6 Å². The number of rotatable bonds is 2. The van der Waals surface area contributed by atoms with Crippen molar-refractivity contribution in [3.05, 3.63) is 28.2 Å². The van der Waals surface area contributed by atoms with Crippen molar-refractivity contribution in [2.45, 2.75) is 38.6 Å². The van der Waals surface area contributed by atoms with Gasteiger partial charge in [0.25, 0.3) is 0 Å². The van der Waals surface area contributed by atoms with Crippen LogP contribution >= 0.6 is 27.5 Å². The molecular formula is C15H17BrClFN2. The molecule has 1 fully saturated rings. The fourth-order valence-corrected chi connectivity index (χ4v) is 3.83. The molecule has 2 aromatic rings. The third kappa shape index (κ3) is 2.17. The predicted octanol–water partition coefficient (Wildman–Crippen LogP) is 5.28. The van der Waals surface area contributed by atoms with Crippen LogP contribution in [-0.2, 0) is 5.88 Å². The maximum atomic E-state index is 13.7. The molecule has 3 unspecified atom stereocenters. The first-order valence-electron chi connectivity index (χ1n) is 6.94. The van der Waals surface area contributed by atoms with Gasteiger partial charge in [-0.25, -0.2) is 9.37 Å². The van der Waals surface area contributed by atoms with Gasteiger partial charge in [-0.2, -0.15) is 0 Å². The smallest absolute Gasteiger partial charge is 0.139 e. The molecule has 1 aromatic heterocycles. The monoisotopic (exact) mass is 358 g/mol. The standard InChI is InChI=1S/C15H17BrClFN2/c1-8-3-4-13(9(8)2)20-14-5-10(16)11(18)6-12(14)19-15(20)7-17/h5-6,8-9,13H,3-4,7H2,1-2H3. The number of fused-ring (bicyclic) bond motifs is 1. The molecule has 20 heavy (non-hydrogen) atoms. The van der Waals surface area contributed by atoms with Gasteiger partial charge in [-0.3, -0.25) is 0 Å². The van der Waals surface area contributed by atoms with Gasteiger partial charge in [0, 0.05) is 12.1 Å². The van der Waals surface area contributed by atoms with E-state index in [1.807, 2.05) is 6.07 Å². The molecular weight excluding hydrogens is 343 g/mol. The van der Waals surface area contributed by atoms with E-state index in [-0.39, 0.29) is 5.82 Å². The highest BCUT2D eigenvalue weighted by molar-refractivity contribution is 9.10. The molecule has 1 saturated carbocycles. The summed E-state index contributed by atoms with van der Waals surface area (Å²) in [5, 5.41) is 0. The molecule has 0 amide bonds. The van der Waals surface area contributed by atoms with E-state index in [2.05, 4.69) is 39.3 Å². The van der Waals surface area contributed by atoms with Crippen LogP contribution in [0.1, 0.15) is 38.6 Å². The number of halogens is 3. The molecule has 1 aliphatic rings. The van der Waals surface area contributed by atoms with Gasteiger partial charge in [-0.1, -0.05) is 13.8 Å². The fraction of sp³-hybridized carbons (Fsp3) is 0.533. The summed E-state index contributed by atoms with van der Waals surface area (Å²) in [7, 11) is 0. The summed E-state index contributed by atoms with van der Waals surface area (Å²) in [6.07, 6.45) is 2.35. The predicted molar refractivity (Wildman–Crippen MR) is 83.5 cm³/mol. The second-order valence-corrected chi connectivity index (χ2v) is 6.89. The minimum Gasteiger partial charge on any atom is -0.324 e. The molecule has 0 N–H and O–H groups in total. The number of aromatic nitrogens is 2. The minimum atomic E-state index is -0.281. The van der Waals surface area contributed by atoms with Crippen LogP contribution in [0.25, 0.3) is 11.0 Å². The first-order valence-corrected chi connectivity index (χ1v) is 8.27. The Morgan fingerprint density at radius 3 is 2.75 bits per heavy atom. The number of nitrogens with zero attached hydrogens (tertiary/aromatic N) is 2. The van der Waals surface area contributed by atoms with Crippen molar-refractivity contribution in [1.82, 2.24) is 9.55 Å². The van der Waals surface area contributed by atoms with Crippen LogP contribution in [0.5, 0.6) is 0 Å². The molecule has 1 aliphatic carbocycles. The van der Waals surface area contributed by atoms with Crippen molar-refractivity contribution in [3.8, 4) is 0 Å². The summed E-state index contributed by atoms with van der Waals surface area (Å²) in [5.41, 5.74) is 1.66. The van der Waals surface area contributed by atoms with Crippen LogP contribution in [0.3, 0.4) is 0 Å². The van der Waals surface area contributed by atoms with Crippen LogP contribution in [0.4, 0.5) is 4.39 Å². The molecule has 0 aliphatic heterocycles. The highest BCUT2D eigenvalue weighted by Gasteiger charge is 2.33. The quantitative estimate of drug-likeness (QED) is 0.667. The van der Waals surface area contributed by atoms with E-state index in [0.717, 1.165) is 17.8 Å². The van der Waals surface area contributed by atoms with Gasteiger partial charge < -0.3 is 4.57 Å². The van der Waals surface area contributed by atoms with Crippen molar-refractivity contribution in [2.75, 3.05) is 0 Å². The Labute approximate surface area is 131 Å². The fourth-order valence-electron chi connectivity index (χ4n) is 3.31. The first-order chi connectivity index (χ1) is 9.52. The summed E-state index contributed by atoms with van der Waals surface area (Å²) in [6, 6.07) is 3.71. The molecule has 0 saturated heterocycles. The van der Waals surface area contributed by atoms with Crippen molar-refractivity contribution < 1.29 is 4.39 Å². The van der Waals surface area contributed by atoms with Gasteiger partial charge in [0.05, 0.1) is 21.4 Å². The van der Waals surface area contributed by atoms with Crippen molar-refractivity contribution in [2.24, 2.45) is 11.8 Å². The number of alkyl halides is 1. The van der Waals surface area contributed by atoms with E-state index < -0.39 is 0 Å². The third-order valence-electron chi connectivity index (χ3n) is 4.68. The SMILES string of the molecule is CC1CCC(n2c(CCl)nc3cc(F)c(Br)cc32)C1C. The molecule has 3 atom stereocenters. The molecule has 1 heterocycles. The van der Waals surface area contributed by atoms with E-state index in [1.165, 1.54) is 12.5 Å². The Morgan fingerprint density at radius 2 is 2.15 bits per heavy atom. The van der Waals surface area contributed by atoms with Gasteiger partial charge in [-0.15, -0.1) is 11.6 Å². The van der Waals surface area contributed by atoms with E-state index in [1.54, 1.807) is 0 Å². The van der Waals surface area contributed by atoms with E-state index in [9.17, 15) is 4.39 Å². The van der Waals surface area contributed by atoms with E-state index in [0.29, 0.717) is 33.7 Å². The molecule has 108 valence electrons. The van der Waals surface area contributed by atoms with E-state index in [4.69, 9.17) is 11.6 Å². The lowest BCUT2D eigenvalue weighted by Crippen LogP contribution is -2.16.